The van der Waals surface area contributed by atoms with Gasteiger partial charge in [-0.15, -0.1) is 0 Å². The van der Waals surface area contributed by atoms with Crippen LogP contribution in [-0.4, -0.2) is 39.0 Å². The summed E-state index contributed by atoms with van der Waals surface area (Å²) in [6, 6.07) is 6.00. The van der Waals surface area contributed by atoms with E-state index in [1.54, 1.807) is 12.1 Å². The minimum Gasteiger partial charge on any atom is -0.490 e. The fraction of sp³-hybridized carbons (Fsp3) is 0.500. The van der Waals surface area contributed by atoms with Crippen LogP contribution in [0, 0.1) is 11.7 Å². The number of carbonyl (C=O) groups excluding carboxylic acids is 1. The maximum Gasteiger partial charge on any atom is 0.223 e. The van der Waals surface area contributed by atoms with Gasteiger partial charge in [0.15, 0.2) is 21.4 Å². The van der Waals surface area contributed by atoms with Crippen molar-refractivity contribution in [3.63, 3.8) is 0 Å². The monoisotopic (exact) mass is 315 g/mol. The van der Waals surface area contributed by atoms with Crippen LogP contribution in [0.15, 0.2) is 24.3 Å². The van der Waals surface area contributed by atoms with Crippen molar-refractivity contribution in [2.45, 2.75) is 12.8 Å². The summed E-state index contributed by atoms with van der Waals surface area (Å²) in [4.78, 5) is 11.6. The number of benzene rings is 1. The summed E-state index contributed by atoms with van der Waals surface area (Å²) in [6.07, 6.45) is 0.697. The minimum absolute atomic E-state index is 0.00793. The van der Waals surface area contributed by atoms with Crippen LogP contribution in [-0.2, 0) is 14.6 Å². The Balaban J connectivity index is 1.65. The van der Waals surface area contributed by atoms with Gasteiger partial charge in [-0.1, -0.05) is 12.1 Å². The second-order valence-corrected chi connectivity index (χ2v) is 7.33. The molecule has 21 heavy (non-hydrogen) atoms. The standard InChI is InChI=1S/C14H18FNO4S/c15-12-3-1-2-4-13(12)20-7-5-14(17)16-9-11-6-8-21(18,19)10-11/h1-4,11H,5-10H2,(H,16,17)/t11-/m0/s1. The molecule has 5 nitrogen and oxygen atoms in total. The highest BCUT2D eigenvalue weighted by atomic mass is 32.2. The summed E-state index contributed by atoms with van der Waals surface area (Å²) in [6.45, 7) is 0.438. The zero-order valence-corrected chi connectivity index (χ0v) is 12.4. The third kappa shape index (κ3) is 5.00. The second-order valence-electron chi connectivity index (χ2n) is 5.10. The van der Waals surface area contributed by atoms with Gasteiger partial charge in [0.1, 0.15) is 0 Å². The zero-order valence-electron chi connectivity index (χ0n) is 11.5. The highest BCUT2D eigenvalue weighted by Gasteiger charge is 2.27. The molecule has 1 aliphatic rings. The SMILES string of the molecule is O=C(CCOc1ccccc1F)NC[C@@H]1CCS(=O)(=O)C1. The highest BCUT2D eigenvalue weighted by molar-refractivity contribution is 7.91. The van der Waals surface area contributed by atoms with E-state index in [4.69, 9.17) is 4.74 Å². The van der Waals surface area contributed by atoms with E-state index in [0.717, 1.165) is 0 Å². The molecule has 0 radical (unpaired) electrons. The molecule has 1 saturated heterocycles. The van der Waals surface area contributed by atoms with Crippen LogP contribution < -0.4 is 10.1 Å². The molecule has 1 amide bonds. The van der Waals surface area contributed by atoms with Gasteiger partial charge in [-0.2, -0.15) is 0 Å². The molecule has 0 unspecified atom stereocenters. The van der Waals surface area contributed by atoms with E-state index in [-0.39, 0.29) is 42.1 Å². The van der Waals surface area contributed by atoms with Gasteiger partial charge in [0.2, 0.25) is 5.91 Å². The van der Waals surface area contributed by atoms with Gasteiger partial charge in [0.25, 0.3) is 0 Å². The van der Waals surface area contributed by atoms with Crippen molar-refractivity contribution in [3.8, 4) is 5.75 Å². The Morgan fingerprint density at radius 1 is 1.38 bits per heavy atom. The highest BCUT2D eigenvalue weighted by Crippen LogP contribution is 2.17. The van der Waals surface area contributed by atoms with Gasteiger partial charge in [0, 0.05) is 6.54 Å². The van der Waals surface area contributed by atoms with Gasteiger partial charge in [0.05, 0.1) is 24.5 Å². The number of nitrogens with one attached hydrogen (secondary N) is 1. The molecule has 116 valence electrons. The molecule has 1 N–H and O–H groups in total. The fourth-order valence-electron chi connectivity index (χ4n) is 2.20. The van der Waals surface area contributed by atoms with Crippen molar-refractivity contribution >= 4 is 15.7 Å². The number of para-hydroxylation sites is 1. The van der Waals surface area contributed by atoms with Crippen molar-refractivity contribution in [2.24, 2.45) is 5.92 Å². The molecular formula is C14H18FNO4S. The maximum atomic E-state index is 13.3. The Morgan fingerprint density at radius 3 is 2.81 bits per heavy atom. The first-order chi connectivity index (χ1) is 9.96. The average Bonchev–Trinajstić information content (AvgIpc) is 2.78. The van der Waals surface area contributed by atoms with Gasteiger partial charge in [-0.25, -0.2) is 12.8 Å². The number of ether oxygens (including phenoxy) is 1. The summed E-state index contributed by atoms with van der Waals surface area (Å²) in [5.41, 5.74) is 0. The molecule has 0 saturated carbocycles. The van der Waals surface area contributed by atoms with Crippen LogP contribution in [0.5, 0.6) is 5.75 Å². The summed E-state index contributed by atoms with van der Waals surface area (Å²) in [5.74, 6) is -0.244. The summed E-state index contributed by atoms with van der Waals surface area (Å²) < 4.78 is 41.0. The molecule has 1 atom stereocenters. The molecule has 0 aromatic heterocycles. The van der Waals surface area contributed by atoms with E-state index >= 15 is 0 Å². The zero-order chi connectivity index (χ0) is 15.3. The maximum absolute atomic E-state index is 13.3. The van der Waals surface area contributed by atoms with E-state index in [1.165, 1.54) is 12.1 Å². The van der Waals surface area contributed by atoms with Crippen LogP contribution in [0.2, 0.25) is 0 Å². The lowest BCUT2D eigenvalue weighted by atomic mass is 10.1. The summed E-state index contributed by atoms with van der Waals surface area (Å²) >= 11 is 0. The molecule has 0 spiro atoms. The first kappa shape index (κ1) is 15.8. The van der Waals surface area contributed by atoms with Gasteiger partial charge in [-0.05, 0) is 24.5 Å². The molecule has 1 aliphatic heterocycles. The second kappa shape index (κ2) is 6.89. The molecule has 1 heterocycles. The van der Waals surface area contributed by atoms with Gasteiger partial charge < -0.3 is 10.1 Å². The smallest absolute Gasteiger partial charge is 0.223 e. The van der Waals surface area contributed by atoms with E-state index in [2.05, 4.69) is 5.32 Å². The van der Waals surface area contributed by atoms with Crippen molar-refractivity contribution in [3.05, 3.63) is 30.1 Å². The van der Waals surface area contributed by atoms with Gasteiger partial charge >= 0.3 is 0 Å². The lowest BCUT2D eigenvalue weighted by molar-refractivity contribution is -0.121. The Labute approximate surface area is 123 Å². The predicted octanol–water partition coefficient (Wildman–Crippen LogP) is 1.15. The summed E-state index contributed by atoms with van der Waals surface area (Å²) in [7, 11) is -2.92. The molecule has 0 aliphatic carbocycles. The van der Waals surface area contributed by atoms with Crippen molar-refractivity contribution in [2.75, 3.05) is 24.7 Å². The van der Waals surface area contributed by atoms with Crippen molar-refractivity contribution < 1.29 is 22.3 Å². The van der Waals surface area contributed by atoms with Crippen LogP contribution in [0.3, 0.4) is 0 Å². The molecule has 2 rings (SSSR count). The fourth-order valence-corrected chi connectivity index (χ4v) is 4.06. The van der Waals surface area contributed by atoms with Crippen LogP contribution in [0.1, 0.15) is 12.8 Å². The Morgan fingerprint density at radius 2 is 2.14 bits per heavy atom. The molecule has 0 bridgehead atoms. The number of halogens is 1. The number of amides is 1. The largest absolute Gasteiger partial charge is 0.490 e. The Hall–Kier alpha value is -1.63. The van der Waals surface area contributed by atoms with Gasteiger partial charge in [-0.3, -0.25) is 4.79 Å². The third-order valence-electron chi connectivity index (χ3n) is 3.34. The lowest BCUT2D eigenvalue weighted by Crippen LogP contribution is -2.30. The first-order valence-electron chi connectivity index (χ1n) is 6.81. The normalized spacial score (nSPS) is 20.1. The van der Waals surface area contributed by atoms with E-state index in [1.807, 2.05) is 0 Å². The number of rotatable bonds is 6. The number of carbonyl (C=O) groups is 1. The quantitative estimate of drug-likeness (QED) is 0.854. The number of hydrogen-bond donors (Lipinski definition) is 1. The lowest BCUT2D eigenvalue weighted by Gasteiger charge is -2.10. The average molecular weight is 315 g/mol. The molecule has 1 fully saturated rings. The van der Waals surface area contributed by atoms with Crippen LogP contribution in [0.4, 0.5) is 4.39 Å². The molecular weight excluding hydrogens is 297 g/mol. The topological polar surface area (TPSA) is 72.5 Å². The summed E-state index contributed by atoms with van der Waals surface area (Å²) in [5, 5.41) is 2.69. The molecule has 1 aromatic carbocycles. The molecule has 1 aromatic rings. The van der Waals surface area contributed by atoms with Crippen molar-refractivity contribution in [1.29, 1.82) is 0 Å². The van der Waals surface area contributed by atoms with Crippen molar-refractivity contribution in [1.82, 2.24) is 5.32 Å². The van der Waals surface area contributed by atoms with E-state index in [9.17, 15) is 17.6 Å². The van der Waals surface area contributed by atoms with E-state index in [0.29, 0.717) is 13.0 Å². The third-order valence-corrected chi connectivity index (χ3v) is 5.17. The van der Waals surface area contributed by atoms with Crippen LogP contribution >= 0.6 is 0 Å². The predicted molar refractivity (Wildman–Crippen MR) is 76.3 cm³/mol. The first-order valence-corrected chi connectivity index (χ1v) is 8.63. The number of sulfone groups is 1. The number of hydrogen-bond acceptors (Lipinski definition) is 4. The Bertz CT molecular complexity index is 603. The van der Waals surface area contributed by atoms with E-state index < -0.39 is 15.7 Å². The van der Waals surface area contributed by atoms with Crippen LogP contribution in [0.25, 0.3) is 0 Å². The molecule has 7 heteroatoms. The minimum atomic E-state index is -2.92. The Kier molecular flexibility index (Phi) is 5.17.